The van der Waals surface area contributed by atoms with Crippen LogP contribution in [0.3, 0.4) is 0 Å². The van der Waals surface area contributed by atoms with E-state index < -0.39 is 12.3 Å². The highest BCUT2D eigenvalue weighted by atomic mass is 35.5. The van der Waals surface area contributed by atoms with Crippen molar-refractivity contribution in [1.82, 2.24) is 0 Å². The van der Waals surface area contributed by atoms with Crippen LogP contribution in [0.1, 0.15) is 27.8 Å². The molecular weight excluding hydrogens is 332 g/mol. The van der Waals surface area contributed by atoms with E-state index in [1.54, 1.807) is 12.1 Å². The fourth-order valence-electron chi connectivity index (χ4n) is 2.27. The van der Waals surface area contributed by atoms with Crippen LogP contribution in [-0.2, 0) is 20.8 Å². The molecule has 0 unspecified atom stereocenters. The number of hydrogen-bond donors (Lipinski definition) is 0. The zero-order valence-electron chi connectivity index (χ0n) is 12.9. The maximum absolute atomic E-state index is 11.8. The van der Waals surface area contributed by atoms with Gasteiger partial charge in [0.2, 0.25) is 0 Å². The summed E-state index contributed by atoms with van der Waals surface area (Å²) < 4.78 is 21.3. The molecule has 2 aromatic carbocycles. The quantitative estimate of drug-likeness (QED) is 0.759. The fraction of sp³-hybridized carbons (Fsp3) is 0.167. The maximum atomic E-state index is 11.8. The number of ether oxygens (including phenoxy) is 4. The molecule has 0 spiro atoms. The minimum atomic E-state index is -0.698. The van der Waals surface area contributed by atoms with E-state index in [9.17, 15) is 4.79 Å². The Morgan fingerprint density at radius 2 is 1.88 bits per heavy atom. The van der Waals surface area contributed by atoms with E-state index in [1.165, 1.54) is 19.6 Å². The second-order valence-electron chi connectivity index (χ2n) is 5.01. The number of carbonyl (C=O) groups is 1. The molecule has 0 fully saturated rings. The zero-order chi connectivity index (χ0) is 16.9. The second kappa shape index (κ2) is 7.27. The monoisotopic (exact) mass is 346 g/mol. The second-order valence-corrected chi connectivity index (χ2v) is 5.42. The Morgan fingerprint density at radius 3 is 2.54 bits per heavy atom. The number of hydrogen-bond acceptors (Lipinski definition) is 5. The fourth-order valence-corrected chi connectivity index (χ4v) is 2.50. The van der Waals surface area contributed by atoms with E-state index in [0.29, 0.717) is 17.9 Å². The number of benzene rings is 2. The summed E-state index contributed by atoms with van der Waals surface area (Å²) in [4.78, 5) is 11.8. The first kappa shape index (κ1) is 16.2. The molecule has 0 amide bonds. The lowest BCUT2D eigenvalue weighted by Crippen LogP contribution is -2.08. The lowest BCUT2D eigenvalue weighted by Gasteiger charge is -2.17. The maximum Gasteiger partial charge on any atom is 0.339 e. The third-order valence-corrected chi connectivity index (χ3v) is 3.77. The molecular formula is C18H15ClO5. The highest BCUT2D eigenvalue weighted by Gasteiger charge is 2.25. The van der Waals surface area contributed by atoms with Gasteiger partial charge in [-0.3, -0.25) is 0 Å². The molecule has 0 bridgehead atoms. The van der Waals surface area contributed by atoms with E-state index in [1.807, 2.05) is 30.3 Å². The van der Waals surface area contributed by atoms with Crippen molar-refractivity contribution >= 4 is 17.6 Å². The summed E-state index contributed by atoms with van der Waals surface area (Å²) in [7, 11) is 1.29. The minimum Gasteiger partial charge on any atom is -0.488 e. The third-order valence-electron chi connectivity index (χ3n) is 3.46. The van der Waals surface area contributed by atoms with Gasteiger partial charge in [-0.2, -0.15) is 0 Å². The van der Waals surface area contributed by atoms with Crippen LogP contribution >= 0.6 is 11.6 Å². The normalized spacial score (nSPS) is 13.2. The number of rotatable bonds is 5. The van der Waals surface area contributed by atoms with Gasteiger partial charge in [-0.15, -0.1) is 0 Å². The first-order valence-electron chi connectivity index (χ1n) is 7.23. The molecule has 3 rings (SSSR count). The summed E-state index contributed by atoms with van der Waals surface area (Å²) in [5.74, 6) is -0.0629. The van der Waals surface area contributed by atoms with Crippen LogP contribution in [0.2, 0.25) is 5.02 Å². The molecule has 1 heterocycles. The molecule has 0 saturated carbocycles. The summed E-state index contributed by atoms with van der Waals surface area (Å²) in [6.07, 6.45) is 2.16. The molecule has 1 aliphatic heterocycles. The van der Waals surface area contributed by atoms with Gasteiger partial charge < -0.3 is 18.9 Å². The van der Waals surface area contributed by atoms with Crippen molar-refractivity contribution in [2.75, 3.05) is 7.11 Å². The van der Waals surface area contributed by atoms with Gasteiger partial charge in [-0.1, -0.05) is 41.9 Å². The number of methoxy groups -OCH3 is 1. The molecule has 5 nitrogen and oxygen atoms in total. The first-order chi connectivity index (χ1) is 11.7. The van der Waals surface area contributed by atoms with Gasteiger partial charge in [-0.25, -0.2) is 4.79 Å². The third kappa shape index (κ3) is 3.46. The molecule has 0 aromatic heterocycles. The van der Waals surface area contributed by atoms with Crippen LogP contribution in [0.4, 0.5) is 0 Å². The van der Waals surface area contributed by atoms with Crippen molar-refractivity contribution in [3.8, 4) is 5.75 Å². The van der Waals surface area contributed by atoms with E-state index >= 15 is 0 Å². The molecule has 0 aliphatic carbocycles. The van der Waals surface area contributed by atoms with Gasteiger partial charge in [-0.05, 0) is 11.6 Å². The molecule has 6 heteroatoms. The van der Waals surface area contributed by atoms with E-state index in [0.717, 1.165) is 5.56 Å². The van der Waals surface area contributed by atoms with Gasteiger partial charge >= 0.3 is 5.97 Å². The molecule has 24 heavy (non-hydrogen) atoms. The Labute approximate surface area is 144 Å². The molecule has 0 saturated heterocycles. The smallest absolute Gasteiger partial charge is 0.339 e. The van der Waals surface area contributed by atoms with Crippen molar-refractivity contribution in [3.05, 3.63) is 76.7 Å². The zero-order valence-corrected chi connectivity index (χ0v) is 13.7. The van der Waals surface area contributed by atoms with Crippen molar-refractivity contribution in [2.24, 2.45) is 0 Å². The summed E-state index contributed by atoms with van der Waals surface area (Å²) in [5.41, 5.74) is 1.78. The van der Waals surface area contributed by atoms with Crippen LogP contribution in [0, 0.1) is 0 Å². The van der Waals surface area contributed by atoms with Crippen molar-refractivity contribution in [3.63, 3.8) is 0 Å². The molecule has 124 valence electrons. The SMILES string of the molecule is COC(=O)c1cc(C2OC=CO2)c(OCc2ccccc2)cc1Cl. The van der Waals surface area contributed by atoms with E-state index in [-0.39, 0.29) is 10.6 Å². The minimum absolute atomic E-state index is 0.223. The number of halogens is 1. The number of carbonyl (C=O) groups excluding carboxylic acids is 1. The topological polar surface area (TPSA) is 54.0 Å². The van der Waals surface area contributed by atoms with Gasteiger partial charge in [0.15, 0.2) is 0 Å². The van der Waals surface area contributed by atoms with Gasteiger partial charge in [0, 0.05) is 6.07 Å². The first-order valence-corrected chi connectivity index (χ1v) is 7.61. The summed E-state index contributed by atoms with van der Waals surface area (Å²) >= 11 is 6.19. The lowest BCUT2D eigenvalue weighted by molar-refractivity contribution is -0.0266. The van der Waals surface area contributed by atoms with Crippen LogP contribution in [-0.4, -0.2) is 13.1 Å². The Bertz CT molecular complexity index is 750. The summed E-state index contributed by atoms with van der Waals surface area (Å²) in [6, 6.07) is 12.8. The van der Waals surface area contributed by atoms with E-state index in [4.69, 9.17) is 30.5 Å². The van der Waals surface area contributed by atoms with Crippen LogP contribution in [0.5, 0.6) is 5.75 Å². The van der Waals surface area contributed by atoms with Crippen molar-refractivity contribution < 1.29 is 23.7 Å². The predicted octanol–water partition coefficient (Wildman–Crippen LogP) is 4.22. The highest BCUT2D eigenvalue weighted by Crippen LogP contribution is 2.36. The van der Waals surface area contributed by atoms with Crippen molar-refractivity contribution in [1.29, 1.82) is 0 Å². The Balaban J connectivity index is 1.91. The summed E-state index contributed by atoms with van der Waals surface area (Å²) in [6.45, 7) is 0.349. The largest absolute Gasteiger partial charge is 0.488 e. The molecule has 1 aliphatic rings. The number of esters is 1. The molecule has 0 atom stereocenters. The Hall–Kier alpha value is -2.66. The summed E-state index contributed by atoms with van der Waals surface area (Å²) in [5, 5.41) is 0.236. The Morgan fingerprint density at radius 1 is 1.17 bits per heavy atom. The molecule has 0 N–H and O–H groups in total. The van der Waals surface area contributed by atoms with Crippen molar-refractivity contribution in [2.45, 2.75) is 12.9 Å². The van der Waals surface area contributed by atoms with Crippen LogP contribution in [0.25, 0.3) is 0 Å². The average molecular weight is 347 g/mol. The van der Waals surface area contributed by atoms with Gasteiger partial charge in [0.25, 0.3) is 6.29 Å². The van der Waals surface area contributed by atoms with Crippen LogP contribution < -0.4 is 4.74 Å². The average Bonchev–Trinajstić information content (AvgIpc) is 3.14. The standard InChI is InChI=1S/C18H15ClO5/c1-21-17(20)13-9-14(18-22-7-8-23-18)16(10-15(13)19)24-11-12-5-3-2-4-6-12/h2-10,18H,11H2,1H3. The Kier molecular flexibility index (Phi) is 4.91. The van der Waals surface area contributed by atoms with E-state index in [2.05, 4.69) is 0 Å². The highest BCUT2D eigenvalue weighted by molar-refractivity contribution is 6.33. The molecule has 2 aromatic rings. The van der Waals surface area contributed by atoms with Crippen LogP contribution in [0.15, 0.2) is 55.0 Å². The predicted molar refractivity (Wildman–Crippen MR) is 87.6 cm³/mol. The lowest BCUT2D eigenvalue weighted by atomic mass is 10.1. The molecule has 0 radical (unpaired) electrons. The van der Waals surface area contributed by atoms with Gasteiger partial charge in [0.1, 0.15) is 24.9 Å². The van der Waals surface area contributed by atoms with Gasteiger partial charge in [0.05, 0.1) is 23.3 Å².